The van der Waals surface area contributed by atoms with E-state index in [1.165, 1.54) is 46.9 Å². The van der Waals surface area contributed by atoms with Crippen molar-refractivity contribution in [1.82, 2.24) is 15.1 Å². The molecule has 4 atom stereocenters. The summed E-state index contributed by atoms with van der Waals surface area (Å²) in [5.74, 6) is -6.42. The number of aliphatic carboxylic acids is 1. The fourth-order valence-electron chi connectivity index (χ4n) is 8.03. The van der Waals surface area contributed by atoms with E-state index in [4.69, 9.17) is 22.3 Å². The summed E-state index contributed by atoms with van der Waals surface area (Å²) in [7, 11) is 7.43. The highest BCUT2D eigenvalue weighted by Gasteiger charge is 2.68. The van der Waals surface area contributed by atoms with Crippen LogP contribution >= 0.6 is 76.7 Å². The lowest BCUT2D eigenvalue weighted by Gasteiger charge is -2.29. The minimum atomic E-state index is -4.37. The third kappa shape index (κ3) is 18.1. The van der Waals surface area contributed by atoms with Crippen molar-refractivity contribution in [2.45, 2.75) is 87.6 Å². The maximum Gasteiger partial charge on any atom is 0.395 e. The van der Waals surface area contributed by atoms with Gasteiger partial charge in [0.05, 0.1) is 28.4 Å². The summed E-state index contributed by atoms with van der Waals surface area (Å²) >= 11 is 2.60. The van der Waals surface area contributed by atoms with E-state index in [-0.39, 0.29) is 116 Å². The number of amides is 3. The van der Waals surface area contributed by atoms with Gasteiger partial charge in [0.15, 0.2) is 0 Å². The summed E-state index contributed by atoms with van der Waals surface area (Å²) in [5, 5.41) is 18.2. The molecule has 2 aromatic heterocycles. The number of nitrogens with zero attached hydrogens (tertiary/aromatic N) is 2. The summed E-state index contributed by atoms with van der Waals surface area (Å²) in [6, 6.07) is 11.7. The molecule has 0 radical (unpaired) electrons. The van der Waals surface area contributed by atoms with Gasteiger partial charge in [-0.2, -0.15) is 103 Å². The van der Waals surface area contributed by atoms with E-state index < -0.39 is 76.8 Å². The zero-order valence-electron chi connectivity index (χ0n) is 39.4. The third-order valence-corrected chi connectivity index (χ3v) is 13.9. The maximum absolute atomic E-state index is 14.1. The van der Waals surface area contributed by atoms with Crippen molar-refractivity contribution in [2.75, 3.05) is 41.3 Å². The highest BCUT2D eigenvalue weighted by atomic mass is 32.1. The van der Waals surface area contributed by atoms with Crippen LogP contribution in [-0.2, 0) is 22.4 Å². The number of hydrogen-bond donors (Lipinski definition) is 5. The second kappa shape index (κ2) is 28.8. The van der Waals surface area contributed by atoms with Crippen molar-refractivity contribution < 1.29 is 59.4 Å². The van der Waals surface area contributed by atoms with Crippen molar-refractivity contribution in [1.29, 1.82) is 0 Å². The molecule has 2 aliphatic rings. The Morgan fingerprint density at radius 3 is 1.32 bits per heavy atom. The topological polar surface area (TPSA) is 185 Å². The van der Waals surface area contributed by atoms with E-state index >= 15 is 0 Å². The smallest absolute Gasteiger partial charge is 0.395 e. The molecule has 71 heavy (non-hydrogen) atoms. The van der Waals surface area contributed by atoms with Gasteiger partial charge in [-0.05, 0) is 147 Å². The number of thiophene rings is 2. The maximum atomic E-state index is 14.1. The first-order valence-corrected chi connectivity index (χ1v) is 23.0. The lowest BCUT2D eigenvalue weighted by molar-refractivity contribution is -0.196. The van der Waals surface area contributed by atoms with Crippen molar-refractivity contribution in [3.8, 4) is 0 Å². The predicted octanol–water partition coefficient (Wildman–Crippen LogP) is 8.55. The second-order valence-electron chi connectivity index (χ2n) is 17.4. The standard InChI is InChI=1S/C23H27F4N3O2S.C12H18FN3O.C11H11F3O2S.4H2S/c1-30(2)16(9-14-3-4-17(21(28)32)19(24)10-14)12-29-20(31)11-18(15-5-8-33-13-15)22(6-7-22)23(25,26)27;1-16(2)9(7-14)5-8-3-4-10(12(15)17)11(13)6-8;12-11(13,14)10(2-3-10)8(5-9(15)16)7-1-4-17-6-7;;;;/h3-5,8,10,13,16,18H,6-7,9,11-12H2,1-2H3,(H2,28,32)(H,29,31);3-4,6,9H,5,7,14H2,1-2H3,(H2,15,17);1,4,6,8H,2-3,5H2,(H,15,16);4*1H2/t16-,18+;9-;8-;;;;/m001..../s1. The SMILES string of the molecule is CN(C)[C@H](CN)Cc1ccc(C(N)=O)c(F)c1.CN(C)[C@H](CNC(=O)C[C@H](c1ccsc1)C1(C(F)(F)F)CC1)Cc1ccc(C(N)=O)c(F)c1.O=C(O)C[C@H](c1ccsc1)C1(C(F)(F)F)CC1.S.S.S.S. The number of likely N-dealkylation sites (N-methyl/N-ethyl adjacent to an activating group) is 2. The number of halogens is 8. The van der Waals surface area contributed by atoms with Crippen LogP contribution in [0.2, 0.25) is 0 Å². The summed E-state index contributed by atoms with van der Waals surface area (Å²) in [6.45, 7) is 0.673. The molecule has 0 unspecified atom stereocenters. The first-order valence-electron chi connectivity index (χ1n) is 21.1. The van der Waals surface area contributed by atoms with Gasteiger partial charge in [0, 0.05) is 43.4 Å². The number of nitrogens with one attached hydrogen (secondary N) is 1. The zero-order chi connectivity index (χ0) is 50.1. The fourth-order valence-corrected chi connectivity index (χ4v) is 9.46. The Hall–Kier alpha value is -3.56. The number of alkyl halides is 6. The van der Waals surface area contributed by atoms with Crippen LogP contribution in [0.1, 0.15) is 93.3 Å². The number of hydrogen-bond acceptors (Lipinski definition) is 9. The van der Waals surface area contributed by atoms with E-state index in [1.54, 1.807) is 59.9 Å². The number of rotatable bonds is 19. The monoisotopic (exact) mass is 1120 g/mol. The molecule has 2 saturated carbocycles. The minimum Gasteiger partial charge on any atom is -0.481 e. The van der Waals surface area contributed by atoms with Crippen molar-refractivity contribution in [3.05, 3.63) is 115 Å². The second-order valence-corrected chi connectivity index (χ2v) is 18.9. The highest BCUT2D eigenvalue weighted by molar-refractivity contribution is 7.59. The van der Waals surface area contributed by atoms with Gasteiger partial charge in [-0.15, -0.1) is 0 Å². The van der Waals surface area contributed by atoms with E-state index in [0.29, 0.717) is 36.1 Å². The van der Waals surface area contributed by atoms with E-state index in [0.717, 1.165) is 5.56 Å². The van der Waals surface area contributed by atoms with E-state index in [1.807, 2.05) is 23.9 Å². The lowest BCUT2D eigenvalue weighted by atomic mass is 9.81. The number of nitrogens with two attached hydrogens (primary N) is 3. The number of carboxylic acid groups (broad SMARTS) is 1. The molecule has 0 spiro atoms. The molecule has 2 aromatic carbocycles. The number of carboxylic acids is 1. The van der Waals surface area contributed by atoms with Crippen LogP contribution < -0.4 is 22.5 Å². The third-order valence-electron chi connectivity index (χ3n) is 12.5. The summed E-state index contributed by atoms with van der Waals surface area (Å²) in [6.07, 6.45) is -8.29. The molecule has 2 heterocycles. The summed E-state index contributed by atoms with van der Waals surface area (Å²) < 4.78 is 108. The Morgan fingerprint density at radius 1 is 0.662 bits per heavy atom. The van der Waals surface area contributed by atoms with E-state index in [2.05, 4.69) is 5.32 Å². The lowest BCUT2D eigenvalue weighted by Crippen LogP contribution is -2.42. The molecule has 400 valence electrons. The number of carbonyl (C=O) groups is 4. The quantitative estimate of drug-likeness (QED) is 0.0579. The van der Waals surface area contributed by atoms with Gasteiger partial charge in [-0.25, -0.2) is 8.78 Å². The first kappa shape index (κ1) is 67.4. The van der Waals surface area contributed by atoms with Crippen molar-refractivity contribution >= 4 is 100 Å². The zero-order valence-corrected chi connectivity index (χ0v) is 45.0. The van der Waals surface area contributed by atoms with Gasteiger partial charge >= 0.3 is 18.3 Å². The summed E-state index contributed by atoms with van der Waals surface area (Å²) in [4.78, 5) is 49.4. The fraction of sp³-hybridized carbons (Fsp3) is 0.478. The van der Waals surface area contributed by atoms with E-state index in [9.17, 15) is 54.3 Å². The molecule has 0 aliphatic heterocycles. The highest BCUT2D eigenvalue weighted by Crippen LogP contribution is 2.67. The summed E-state index contributed by atoms with van der Waals surface area (Å²) in [5.41, 5.74) is 14.3. The molecule has 0 bridgehead atoms. The van der Waals surface area contributed by atoms with Crippen LogP contribution in [0.5, 0.6) is 0 Å². The average Bonchev–Trinajstić information content (AvgIpc) is 4.10. The van der Waals surface area contributed by atoms with Crippen molar-refractivity contribution in [2.24, 2.45) is 28.0 Å². The van der Waals surface area contributed by atoms with Gasteiger partial charge < -0.3 is 37.4 Å². The van der Waals surface area contributed by atoms with Gasteiger partial charge in [-0.1, -0.05) is 12.1 Å². The Morgan fingerprint density at radius 2 is 1.04 bits per heavy atom. The largest absolute Gasteiger partial charge is 0.481 e. The molecule has 25 heteroatoms. The normalized spacial score (nSPS) is 15.7. The predicted molar refractivity (Wildman–Crippen MR) is 282 cm³/mol. The van der Waals surface area contributed by atoms with Crippen molar-refractivity contribution in [3.63, 3.8) is 0 Å². The Balaban J connectivity index is 0.00000110. The number of benzene rings is 2. The molecular weight excluding hydrogens is 1060 g/mol. The molecule has 4 aromatic rings. The van der Waals surface area contributed by atoms with Crippen LogP contribution in [0.4, 0.5) is 35.1 Å². The van der Waals surface area contributed by atoms with Gasteiger partial charge in [0.2, 0.25) is 5.91 Å². The van der Waals surface area contributed by atoms with Crippen LogP contribution in [0.25, 0.3) is 0 Å². The molecule has 6 rings (SSSR count). The van der Waals surface area contributed by atoms with Gasteiger partial charge in [0.25, 0.3) is 11.8 Å². The number of primary amides is 2. The average molecular weight is 1130 g/mol. The molecule has 2 aliphatic carbocycles. The van der Waals surface area contributed by atoms with Crippen LogP contribution in [0.3, 0.4) is 0 Å². The molecule has 11 nitrogen and oxygen atoms in total. The minimum absolute atomic E-state index is 0. The first-order chi connectivity index (χ1) is 31.3. The Kier molecular flexibility index (Phi) is 27.3. The van der Waals surface area contributed by atoms with Crippen LogP contribution in [0.15, 0.2) is 70.1 Å². The molecule has 3 amide bonds. The van der Waals surface area contributed by atoms with Gasteiger partial charge in [-0.3, -0.25) is 19.2 Å². The van der Waals surface area contributed by atoms with Gasteiger partial charge in [0.1, 0.15) is 11.6 Å². The molecular formula is C46H64F8N6O5S6. The van der Waals surface area contributed by atoms with Crippen LogP contribution in [0, 0.1) is 22.5 Å². The van der Waals surface area contributed by atoms with Crippen LogP contribution in [-0.4, -0.2) is 104 Å². The Bertz CT molecular complexity index is 2300. The Labute approximate surface area is 444 Å². The molecule has 8 N–H and O–H groups in total. The number of carbonyl (C=O) groups excluding carboxylic acids is 3. The molecule has 0 saturated heterocycles. The molecule has 2 fully saturated rings.